The van der Waals surface area contributed by atoms with E-state index in [1.807, 2.05) is 42.5 Å². The van der Waals surface area contributed by atoms with Crippen LogP contribution in [0.5, 0.6) is 0 Å². The van der Waals surface area contributed by atoms with Gasteiger partial charge in [0, 0.05) is 0 Å². The standard InChI is InChI=1S/C18H14N2O/c21-18-17(19-15-7-3-4-8-16(15)20-18)14-10-9-12-5-1-2-6-13(12)11-14/h1-11,17,19H,(H,20,21)/t17-/m1/s1. The normalized spacial score (nSPS) is 17.0. The van der Waals surface area contributed by atoms with E-state index in [-0.39, 0.29) is 11.9 Å². The highest BCUT2D eigenvalue weighted by Gasteiger charge is 2.26. The lowest BCUT2D eigenvalue weighted by molar-refractivity contribution is -0.117. The predicted octanol–water partition coefficient (Wildman–Crippen LogP) is 3.95. The molecular formula is C18H14N2O. The number of hydrogen-bond acceptors (Lipinski definition) is 2. The molecule has 102 valence electrons. The lowest BCUT2D eigenvalue weighted by atomic mass is 9.99. The van der Waals surface area contributed by atoms with Crippen molar-refractivity contribution in [1.82, 2.24) is 0 Å². The van der Waals surface area contributed by atoms with Gasteiger partial charge in [-0.25, -0.2) is 0 Å². The quantitative estimate of drug-likeness (QED) is 0.705. The van der Waals surface area contributed by atoms with Crippen LogP contribution in [0, 0.1) is 0 Å². The van der Waals surface area contributed by atoms with Gasteiger partial charge in [-0.15, -0.1) is 0 Å². The van der Waals surface area contributed by atoms with Gasteiger partial charge in [-0.3, -0.25) is 4.79 Å². The summed E-state index contributed by atoms with van der Waals surface area (Å²) in [6.45, 7) is 0. The van der Waals surface area contributed by atoms with E-state index in [0.29, 0.717) is 0 Å². The minimum Gasteiger partial charge on any atom is -0.368 e. The molecule has 3 heteroatoms. The van der Waals surface area contributed by atoms with Crippen LogP contribution in [0.2, 0.25) is 0 Å². The summed E-state index contributed by atoms with van der Waals surface area (Å²) in [5.41, 5.74) is 2.76. The summed E-state index contributed by atoms with van der Waals surface area (Å²) in [5.74, 6) is -0.0241. The number of para-hydroxylation sites is 2. The predicted molar refractivity (Wildman–Crippen MR) is 85.4 cm³/mol. The molecule has 1 aliphatic rings. The van der Waals surface area contributed by atoms with Crippen molar-refractivity contribution in [1.29, 1.82) is 0 Å². The molecule has 1 aliphatic heterocycles. The molecule has 0 saturated heterocycles. The second-order valence-corrected chi connectivity index (χ2v) is 5.22. The fraction of sp³-hybridized carbons (Fsp3) is 0.0556. The number of carbonyl (C=O) groups excluding carboxylic acids is 1. The van der Waals surface area contributed by atoms with E-state index < -0.39 is 0 Å². The van der Waals surface area contributed by atoms with Crippen LogP contribution in [-0.2, 0) is 4.79 Å². The average molecular weight is 274 g/mol. The molecule has 0 fully saturated rings. The van der Waals surface area contributed by atoms with Crippen LogP contribution >= 0.6 is 0 Å². The molecular weight excluding hydrogens is 260 g/mol. The first-order valence-electron chi connectivity index (χ1n) is 6.96. The van der Waals surface area contributed by atoms with Crippen molar-refractivity contribution in [3.8, 4) is 0 Å². The third-order valence-corrected chi connectivity index (χ3v) is 3.85. The van der Waals surface area contributed by atoms with Crippen molar-refractivity contribution in [2.45, 2.75) is 6.04 Å². The van der Waals surface area contributed by atoms with Gasteiger partial charge in [-0.1, -0.05) is 48.5 Å². The van der Waals surface area contributed by atoms with E-state index in [1.54, 1.807) is 0 Å². The molecule has 3 aromatic rings. The van der Waals surface area contributed by atoms with E-state index in [9.17, 15) is 4.79 Å². The van der Waals surface area contributed by atoms with Crippen LogP contribution in [0.1, 0.15) is 11.6 Å². The molecule has 0 aromatic heterocycles. The number of carbonyl (C=O) groups is 1. The second kappa shape index (κ2) is 4.63. The molecule has 3 nitrogen and oxygen atoms in total. The lowest BCUT2D eigenvalue weighted by Crippen LogP contribution is -2.31. The van der Waals surface area contributed by atoms with Gasteiger partial charge in [-0.2, -0.15) is 0 Å². The van der Waals surface area contributed by atoms with E-state index in [4.69, 9.17) is 0 Å². The van der Waals surface area contributed by atoms with Crippen LogP contribution in [0.25, 0.3) is 10.8 Å². The summed E-state index contributed by atoms with van der Waals surface area (Å²) in [4.78, 5) is 12.3. The first kappa shape index (κ1) is 12.0. The zero-order valence-electron chi connectivity index (χ0n) is 11.3. The van der Waals surface area contributed by atoms with Gasteiger partial charge in [0.2, 0.25) is 0 Å². The van der Waals surface area contributed by atoms with E-state index in [0.717, 1.165) is 22.3 Å². The van der Waals surface area contributed by atoms with Crippen molar-refractivity contribution in [3.63, 3.8) is 0 Å². The topological polar surface area (TPSA) is 41.1 Å². The van der Waals surface area contributed by atoms with Gasteiger partial charge in [0.05, 0.1) is 11.4 Å². The Hall–Kier alpha value is -2.81. The molecule has 3 aromatic carbocycles. The number of amides is 1. The molecule has 1 amide bonds. The number of fused-ring (bicyclic) bond motifs is 2. The van der Waals surface area contributed by atoms with Crippen molar-refractivity contribution in [2.75, 3.05) is 10.6 Å². The van der Waals surface area contributed by atoms with Gasteiger partial charge in [0.25, 0.3) is 5.91 Å². The van der Waals surface area contributed by atoms with Crippen LogP contribution in [0.4, 0.5) is 11.4 Å². The fourth-order valence-corrected chi connectivity index (χ4v) is 2.77. The molecule has 0 radical (unpaired) electrons. The Bertz CT molecular complexity index is 841. The highest BCUT2D eigenvalue weighted by Crippen LogP contribution is 2.32. The molecule has 4 rings (SSSR count). The van der Waals surface area contributed by atoms with E-state index in [2.05, 4.69) is 34.9 Å². The SMILES string of the molecule is O=C1Nc2ccccc2N[C@@H]1c1ccc2ccccc2c1. The maximum Gasteiger partial charge on any atom is 0.251 e. The van der Waals surface area contributed by atoms with Crippen LogP contribution in [0.15, 0.2) is 66.7 Å². The number of anilines is 2. The Kier molecular flexibility index (Phi) is 2.64. The molecule has 1 heterocycles. The molecule has 0 spiro atoms. The molecule has 2 N–H and O–H groups in total. The highest BCUT2D eigenvalue weighted by molar-refractivity contribution is 6.03. The summed E-state index contributed by atoms with van der Waals surface area (Å²) in [6.07, 6.45) is 0. The van der Waals surface area contributed by atoms with Gasteiger partial charge in [-0.05, 0) is 34.5 Å². The maximum absolute atomic E-state index is 12.3. The number of rotatable bonds is 1. The van der Waals surface area contributed by atoms with Gasteiger partial charge >= 0.3 is 0 Å². The van der Waals surface area contributed by atoms with Crippen molar-refractivity contribution < 1.29 is 4.79 Å². The third kappa shape index (κ3) is 2.03. The zero-order valence-corrected chi connectivity index (χ0v) is 11.3. The van der Waals surface area contributed by atoms with E-state index >= 15 is 0 Å². The third-order valence-electron chi connectivity index (χ3n) is 3.85. The number of hydrogen-bond donors (Lipinski definition) is 2. The van der Waals surface area contributed by atoms with Gasteiger partial charge < -0.3 is 10.6 Å². The Morgan fingerprint density at radius 1 is 0.762 bits per heavy atom. The smallest absolute Gasteiger partial charge is 0.251 e. The van der Waals surface area contributed by atoms with Crippen LogP contribution in [-0.4, -0.2) is 5.91 Å². The van der Waals surface area contributed by atoms with Crippen LogP contribution < -0.4 is 10.6 Å². The fourth-order valence-electron chi connectivity index (χ4n) is 2.77. The van der Waals surface area contributed by atoms with Gasteiger partial charge in [0.15, 0.2) is 0 Å². The first-order chi connectivity index (χ1) is 10.3. The highest BCUT2D eigenvalue weighted by atomic mass is 16.2. The summed E-state index contributed by atoms with van der Waals surface area (Å²) < 4.78 is 0. The van der Waals surface area contributed by atoms with E-state index in [1.165, 1.54) is 5.39 Å². The van der Waals surface area contributed by atoms with Gasteiger partial charge in [0.1, 0.15) is 6.04 Å². The Morgan fingerprint density at radius 2 is 1.48 bits per heavy atom. The minimum absolute atomic E-state index is 0.0241. The summed E-state index contributed by atoms with van der Waals surface area (Å²) >= 11 is 0. The molecule has 0 saturated carbocycles. The molecule has 0 bridgehead atoms. The monoisotopic (exact) mass is 274 g/mol. The number of nitrogens with one attached hydrogen (secondary N) is 2. The average Bonchev–Trinajstić information content (AvgIpc) is 2.54. The number of benzene rings is 3. The largest absolute Gasteiger partial charge is 0.368 e. The van der Waals surface area contributed by atoms with Crippen LogP contribution in [0.3, 0.4) is 0 Å². The molecule has 21 heavy (non-hydrogen) atoms. The lowest BCUT2D eigenvalue weighted by Gasteiger charge is -2.27. The molecule has 1 atom stereocenters. The Balaban J connectivity index is 1.76. The first-order valence-corrected chi connectivity index (χ1v) is 6.96. The van der Waals surface area contributed by atoms with Crippen molar-refractivity contribution >= 4 is 28.1 Å². The summed E-state index contributed by atoms with van der Waals surface area (Å²) in [7, 11) is 0. The zero-order chi connectivity index (χ0) is 14.2. The summed E-state index contributed by atoms with van der Waals surface area (Å²) in [5, 5.41) is 8.59. The Labute approximate surface area is 122 Å². The molecule has 0 unspecified atom stereocenters. The summed E-state index contributed by atoms with van der Waals surface area (Å²) in [6, 6.07) is 21.7. The maximum atomic E-state index is 12.3. The second-order valence-electron chi connectivity index (χ2n) is 5.22. The molecule has 0 aliphatic carbocycles. The van der Waals surface area contributed by atoms with Crippen molar-refractivity contribution in [2.24, 2.45) is 0 Å². The Morgan fingerprint density at radius 3 is 2.33 bits per heavy atom. The van der Waals surface area contributed by atoms with Crippen molar-refractivity contribution in [3.05, 3.63) is 72.3 Å². The minimum atomic E-state index is -0.357.